The van der Waals surface area contributed by atoms with Crippen molar-refractivity contribution < 1.29 is 9.52 Å². The minimum absolute atomic E-state index is 0.487. The Balaban J connectivity index is 2.58. The molecule has 1 N–H and O–H groups in total. The quantitative estimate of drug-likeness (QED) is 0.883. The number of furan rings is 1. The second kappa shape index (κ2) is 4.82. The number of aliphatic hydroxyl groups excluding tert-OH is 1. The zero-order chi connectivity index (χ0) is 9.84. The van der Waals surface area contributed by atoms with Crippen molar-refractivity contribution in [2.24, 2.45) is 5.92 Å². The molecule has 0 aliphatic carbocycles. The number of aliphatic hydroxyl groups is 1. The van der Waals surface area contributed by atoms with Crippen molar-refractivity contribution in [1.82, 2.24) is 0 Å². The second-order valence-electron chi connectivity index (χ2n) is 3.40. The van der Waals surface area contributed by atoms with Crippen molar-refractivity contribution in [3.63, 3.8) is 0 Å². The lowest BCUT2D eigenvalue weighted by molar-refractivity contribution is 0.121. The smallest absolute Gasteiger partial charge is 0.146 e. The summed E-state index contributed by atoms with van der Waals surface area (Å²) in [6.45, 7) is 4.24. The highest BCUT2D eigenvalue weighted by Gasteiger charge is 2.16. The first-order chi connectivity index (χ1) is 6.15. The van der Waals surface area contributed by atoms with Gasteiger partial charge in [0.1, 0.15) is 11.9 Å². The molecule has 0 radical (unpaired) electrons. The van der Waals surface area contributed by atoms with Crippen LogP contribution in [0.3, 0.4) is 0 Å². The molecule has 1 heterocycles. The van der Waals surface area contributed by atoms with Crippen molar-refractivity contribution in [2.75, 3.05) is 0 Å². The largest absolute Gasteiger partial charge is 0.465 e. The molecule has 1 aromatic heterocycles. The molecule has 0 amide bonds. The van der Waals surface area contributed by atoms with E-state index in [4.69, 9.17) is 4.42 Å². The van der Waals surface area contributed by atoms with Gasteiger partial charge in [-0.1, -0.05) is 20.3 Å². The number of rotatable bonds is 4. The lowest BCUT2D eigenvalue weighted by Gasteiger charge is -2.12. The standard InChI is InChI=1S/C10H15BrO2/c1-3-7(2)6-9(12)10-8(11)4-5-13-10/h4-5,7,9,12H,3,6H2,1-2H3. The van der Waals surface area contributed by atoms with Crippen LogP contribution in [-0.2, 0) is 0 Å². The molecule has 0 spiro atoms. The molecule has 0 aliphatic rings. The Hall–Kier alpha value is -0.280. The molecular weight excluding hydrogens is 232 g/mol. The fourth-order valence-electron chi connectivity index (χ4n) is 1.20. The van der Waals surface area contributed by atoms with Crippen molar-refractivity contribution in [2.45, 2.75) is 32.8 Å². The van der Waals surface area contributed by atoms with Crippen LogP contribution in [-0.4, -0.2) is 5.11 Å². The Kier molecular flexibility index (Phi) is 4.00. The van der Waals surface area contributed by atoms with Gasteiger partial charge in [-0.05, 0) is 34.3 Å². The first-order valence-electron chi connectivity index (χ1n) is 4.56. The first kappa shape index (κ1) is 10.8. The summed E-state index contributed by atoms with van der Waals surface area (Å²) >= 11 is 3.32. The summed E-state index contributed by atoms with van der Waals surface area (Å²) < 4.78 is 6.02. The fourth-order valence-corrected chi connectivity index (χ4v) is 1.66. The highest BCUT2D eigenvalue weighted by atomic mass is 79.9. The van der Waals surface area contributed by atoms with Crippen LogP contribution in [0.4, 0.5) is 0 Å². The maximum Gasteiger partial charge on any atom is 0.146 e. The molecule has 2 atom stereocenters. The number of hydrogen-bond acceptors (Lipinski definition) is 2. The molecule has 0 saturated heterocycles. The van der Waals surface area contributed by atoms with Crippen LogP contribution in [0.5, 0.6) is 0 Å². The molecule has 0 fully saturated rings. The molecule has 3 heteroatoms. The molecular formula is C10H15BrO2. The van der Waals surface area contributed by atoms with Crippen LogP contribution >= 0.6 is 15.9 Å². The van der Waals surface area contributed by atoms with Gasteiger partial charge in [0.15, 0.2) is 0 Å². The third-order valence-electron chi connectivity index (χ3n) is 2.27. The zero-order valence-electron chi connectivity index (χ0n) is 7.96. The summed E-state index contributed by atoms with van der Waals surface area (Å²) in [5.41, 5.74) is 0. The monoisotopic (exact) mass is 246 g/mol. The van der Waals surface area contributed by atoms with E-state index in [0.29, 0.717) is 11.7 Å². The predicted octanol–water partition coefficient (Wildman–Crippen LogP) is 3.51. The topological polar surface area (TPSA) is 33.4 Å². The molecule has 0 saturated carbocycles. The van der Waals surface area contributed by atoms with Gasteiger partial charge in [-0.3, -0.25) is 0 Å². The van der Waals surface area contributed by atoms with E-state index in [1.54, 1.807) is 12.3 Å². The van der Waals surface area contributed by atoms with Crippen molar-refractivity contribution in [3.8, 4) is 0 Å². The van der Waals surface area contributed by atoms with E-state index in [0.717, 1.165) is 17.3 Å². The van der Waals surface area contributed by atoms with Gasteiger partial charge < -0.3 is 9.52 Å². The van der Waals surface area contributed by atoms with E-state index in [1.807, 2.05) is 0 Å². The van der Waals surface area contributed by atoms with Gasteiger partial charge in [0.25, 0.3) is 0 Å². The maximum absolute atomic E-state index is 9.77. The lowest BCUT2D eigenvalue weighted by atomic mass is 10.00. The molecule has 74 valence electrons. The van der Waals surface area contributed by atoms with Gasteiger partial charge in [-0.25, -0.2) is 0 Å². The number of hydrogen-bond donors (Lipinski definition) is 1. The Labute approximate surface area is 87.1 Å². The number of halogens is 1. The molecule has 2 unspecified atom stereocenters. The molecule has 0 bridgehead atoms. The van der Waals surface area contributed by atoms with Crippen LogP contribution < -0.4 is 0 Å². The van der Waals surface area contributed by atoms with E-state index in [9.17, 15) is 5.11 Å². The molecule has 13 heavy (non-hydrogen) atoms. The minimum Gasteiger partial charge on any atom is -0.465 e. The van der Waals surface area contributed by atoms with Crippen LogP contribution in [0.1, 0.15) is 38.6 Å². The zero-order valence-corrected chi connectivity index (χ0v) is 9.54. The first-order valence-corrected chi connectivity index (χ1v) is 5.35. The maximum atomic E-state index is 9.77. The molecule has 2 nitrogen and oxygen atoms in total. The fraction of sp³-hybridized carbons (Fsp3) is 0.600. The minimum atomic E-state index is -0.487. The summed E-state index contributed by atoms with van der Waals surface area (Å²) in [6.07, 6.45) is 2.93. The highest BCUT2D eigenvalue weighted by Crippen LogP contribution is 2.29. The Morgan fingerprint density at radius 2 is 2.31 bits per heavy atom. The third kappa shape index (κ3) is 2.85. The Bertz CT molecular complexity index is 257. The molecule has 0 aliphatic heterocycles. The van der Waals surface area contributed by atoms with Gasteiger partial charge in [-0.2, -0.15) is 0 Å². The molecule has 0 aromatic carbocycles. The Morgan fingerprint density at radius 3 is 2.77 bits per heavy atom. The van der Waals surface area contributed by atoms with E-state index < -0.39 is 6.10 Å². The summed E-state index contributed by atoms with van der Waals surface area (Å²) in [6, 6.07) is 1.80. The second-order valence-corrected chi connectivity index (χ2v) is 4.25. The SMILES string of the molecule is CCC(C)CC(O)c1occc1Br. The highest BCUT2D eigenvalue weighted by molar-refractivity contribution is 9.10. The molecule has 1 aromatic rings. The van der Waals surface area contributed by atoms with Crippen molar-refractivity contribution >= 4 is 15.9 Å². The summed E-state index contributed by atoms with van der Waals surface area (Å²) in [5.74, 6) is 1.16. The van der Waals surface area contributed by atoms with E-state index >= 15 is 0 Å². The lowest BCUT2D eigenvalue weighted by Crippen LogP contribution is -2.03. The van der Waals surface area contributed by atoms with E-state index in [2.05, 4.69) is 29.8 Å². The van der Waals surface area contributed by atoms with Crippen LogP contribution in [0, 0.1) is 5.92 Å². The van der Waals surface area contributed by atoms with E-state index in [1.165, 1.54) is 0 Å². The van der Waals surface area contributed by atoms with Gasteiger partial charge >= 0.3 is 0 Å². The van der Waals surface area contributed by atoms with Crippen LogP contribution in [0.2, 0.25) is 0 Å². The molecule has 1 rings (SSSR count). The van der Waals surface area contributed by atoms with Crippen LogP contribution in [0.15, 0.2) is 21.2 Å². The normalized spacial score (nSPS) is 15.7. The van der Waals surface area contributed by atoms with Gasteiger partial charge in [0.2, 0.25) is 0 Å². The predicted molar refractivity (Wildman–Crippen MR) is 55.4 cm³/mol. The summed E-state index contributed by atoms with van der Waals surface area (Å²) in [5, 5.41) is 9.77. The van der Waals surface area contributed by atoms with Gasteiger partial charge in [-0.15, -0.1) is 0 Å². The van der Waals surface area contributed by atoms with Crippen molar-refractivity contribution in [3.05, 3.63) is 22.6 Å². The third-order valence-corrected chi connectivity index (χ3v) is 2.93. The van der Waals surface area contributed by atoms with Gasteiger partial charge in [0, 0.05) is 0 Å². The average Bonchev–Trinajstić information content (AvgIpc) is 2.51. The van der Waals surface area contributed by atoms with Crippen molar-refractivity contribution in [1.29, 1.82) is 0 Å². The Morgan fingerprint density at radius 1 is 1.62 bits per heavy atom. The van der Waals surface area contributed by atoms with Gasteiger partial charge in [0.05, 0.1) is 10.7 Å². The average molecular weight is 247 g/mol. The van der Waals surface area contributed by atoms with Crippen LogP contribution in [0.25, 0.3) is 0 Å². The summed E-state index contributed by atoms with van der Waals surface area (Å²) in [7, 11) is 0. The van der Waals surface area contributed by atoms with E-state index in [-0.39, 0.29) is 0 Å². The summed E-state index contributed by atoms with van der Waals surface area (Å²) in [4.78, 5) is 0.